The van der Waals surface area contributed by atoms with Crippen LogP contribution in [-0.2, 0) is 9.59 Å². The number of anilines is 1. The number of hydrogen-bond donors (Lipinski definition) is 2. The van der Waals surface area contributed by atoms with Crippen molar-refractivity contribution in [2.45, 2.75) is 19.3 Å². The molecule has 0 aliphatic carbocycles. The van der Waals surface area contributed by atoms with E-state index in [1.54, 1.807) is 36.4 Å². The summed E-state index contributed by atoms with van der Waals surface area (Å²) >= 11 is 6.02. The molecule has 2 aromatic rings. The number of nitrogens with one attached hydrogen (secondary N) is 1. The summed E-state index contributed by atoms with van der Waals surface area (Å²) in [6.07, 6.45) is 0.469. The van der Waals surface area contributed by atoms with Gasteiger partial charge in [-0.15, -0.1) is 0 Å². The van der Waals surface area contributed by atoms with Crippen molar-refractivity contribution in [2.75, 3.05) is 5.32 Å². The van der Waals surface area contributed by atoms with E-state index in [1.165, 1.54) is 0 Å². The number of carbonyl (C=O) groups excluding carboxylic acids is 1. The molecule has 0 saturated heterocycles. The minimum absolute atomic E-state index is 0.0158. The Kier molecular flexibility index (Phi) is 6.00. The van der Waals surface area contributed by atoms with E-state index in [2.05, 4.69) is 5.32 Å². The van der Waals surface area contributed by atoms with Crippen LogP contribution in [0.4, 0.5) is 5.69 Å². The van der Waals surface area contributed by atoms with Crippen LogP contribution in [0.25, 0.3) is 0 Å². The van der Waals surface area contributed by atoms with E-state index in [0.29, 0.717) is 28.6 Å². The average Bonchev–Trinajstić information content (AvgIpc) is 2.51. The number of benzene rings is 2. The zero-order valence-electron chi connectivity index (χ0n) is 12.3. The highest BCUT2D eigenvalue weighted by Crippen LogP contribution is 2.29. The summed E-state index contributed by atoms with van der Waals surface area (Å²) in [5.74, 6) is 0.0338. The van der Waals surface area contributed by atoms with Gasteiger partial charge < -0.3 is 15.2 Å². The number of rotatable bonds is 7. The fourth-order valence-corrected chi connectivity index (χ4v) is 2.06. The van der Waals surface area contributed by atoms with Crippen LogP contribution in [-0.4, -0.2) is 17.0 Å². The fourth-order valence-electron chi connectivity index (χ4n) is 1.88. The quantitative estimate of drug-likeness (QED) is 0.791. The topological polar surface area (TPSA) is 75.6 Å². The Balaban J connectivity index is 1.88. The van der Waals surface area contributed by atoms with Gasteiger partial charge in [0.25, 0.3) is 0 Å². The number of hydrogen-bond acceptors (Lipinski definition) is 3. The number of carboxylic acids is 1. The zero-order valence-corrected chi connectivity index (χ0v) is 13.0. The molecule has 0 fully saturated rings. The van der Waals surface area contributed by atoms with Gasteiger partial charge in [-0.25, -0.2) is 0 Å². The van der Waals surface area contributed by atoms with Crippen molar-refractivity contribution < 1.29 is 19.4 Å². The lowest BCUT2D eigenvalue weighted by Crippen LogP contribution is -2.11. The summed E-state index contributed by atoms with van der Waals surface area (Å²) in [6.45, 7) is 0. The molecule has 0 spiro atoms. The number of halogens is 1. The summed E-state index contributed by atoms with van der Waals surface area (Å²) in [7, 11) is 0. The Morgan fingerprint density at radius 3 is 2.39 bits per heavy atom. The minimum Gasteiger partial charge on any atom is -0.481 e. The Bertz CT molecular complexity index is 685. The van der Waals surface area contributed by atoms with Crippen molar-refractivity contribution in [2.24, 2.45) is 0 Å². The van der Waals surface area contributed by atoms with Gasteiger partial charge in [0.2, 0.25) is 5.91 Å². The van der Waals surface area contributed by atoms with Crippen LogP contribution in [0, 0.1) is 0 Å². The van der Waals surface area contributed by atoms with Crippen molar-refractivity contribution in [3.05, 3.63) is 53.6 Å². The molecule has 6 heteroatoms. The standard InChI is InChI=1S/C17H16ClNO4/c18-14-4-1-2-5-15(14)23-13-10-8-12(9-11-13)19-16(20)6-3-7-17(21)22/h1-2,4-5,8-11H,3,6-7H2,(H,19,20)(H,21,22). The van der Waals surface area contributed by atoms with Crippen molar-refractivity contribution in [3.8, 4) is 11.5 Å². The summed E-state index contributed by atoms with van der Waals surface area (Å²) in [5, 5.41) is 11.8. The van der Waals surface area contributed by atoms with E-state index in [4.69, 9.17) is 21.4 Å². The molecule has 0 heterocycles. The smallest absolute Gasteiger partial charge is 0.303 e. The van der Waals surface area contributed by atoms with Crippen molar-refractivity contribution in [1.29, 1.82) is 0 Å². The van der Waals surface area contributed by atoms with Crippen LogP contribution in [0.3, 0.4) is 0 Å². The predicted molar refractivity (Wildman–Crippen MR) is 88.1 cm³/mol. The normalized spacial score (nSPS) is 10.1. The highest BCUT2D eigenvalue weighted by molar-refractivity contribution is 6.32. The monoisotopic (exact) mass is 333 g/mol. The second-order valence-corrected chi connectivity index (χ2v) is 5.26. The maximum atomic E-state index is 11.7. The van der Waals surface area contributed by atoms with Crippen LogP contribution in [0.15, 0.2) is 48.5 Å². The molecule has 2 N–H and O–H groups in total. The van der Waals surface area contributed by atoms with Gasteiger partial charge in [0.15, 0.2) is 0 Å². The highest BCUT2D eigenvalue weighted by Gasteiger charge is 2.06. The Morgan fingerprint density at radius 2 is 1.74 bits per heavy atom. The Morgan fingerprint density at radius 1 is 1.04 bits per heavy atom. The molecule has 23 heavy (non-hydrogen) atoms. The van der Waals surface area contributed by atoms with Gasteiger partial charge in [-0.05, 0) is 42.8 Å². The molecular weight excluding hydrogens is 318 g/mol. The predicted octanol–water partition coefficient (Wildman–Crippen LogP) is 4.33. The van der Waals surface area contributed by atoms with Gasteiger partial charge >= 0.3 is 5.97 Å². The van der Waals surface area contributed by atoms with Gasteiger partial charge in [0.1, 0.15) is 11.5 Å². The molecule has 0 aliphatic heterocycles. The maximum absolute atomic E-state index is 11.7. The second-order valence-electron chi connectivity index (χ2n) is 4.85. The second kappa shape index (κ2) is 8.19. The highest BCUT2D eigenvalue weighted by atomic mass is 35.5. The van der Waals surface area contributed by atoms with Gasteiger partial charge in [0.05, 0.1) is 5.02 Å². The Hall–Kier alpha value is -2.53. The van der Waals surface area contributed by atoms with E-state index in [-0.39, 0.29) is 18.7 Å². The first kappa shape index (κ1) is 16.8. The molecule has 0 aliphatic rings. The number of carbonyl (C=O) groups is 2. The molecular formula is C17H16ClNO4. The summed E-state index contributed by atoms with van der Waals surface area (Å²) < 4.78 is 5.65. The molecule has 0 unspecified atom stereocenters. The fraction of sp³-hybridized carbons (Fsp3) is 0.176. The third-order valence-electron chi connectivity index (χ3n) is 3.00. The van der Waals surface area contributed by atoms with Crippen molar-refractivity contribution in [1.82, 2.24) is 0 Å². The van der Waals surface area contributed by atoms with Gasteiger partial charge in [-0.3, -0.25) is 9.59 Å². The number of amides is 1. The molecule has 2 rings (SSSR count). The van der Waals surface area contributed by atoms with Gasteiger partial charge in [-0.1, -0.05) is 23.7 Å². The third-order valence-corrected chi connectivity index (χ3v) is 3.31. The molecule has 0 bridgehead atoms. The lowest BCUT2D eigenvalue weighted by Gasteiger charge is -2.09. The van der Waals surface area contributed by atoms with Crippen molar-refractivity contribution in [3.63, 3.8) is 0 Å². The molecule has 2 aromatic carbocycles. The van der Waals surface area contributed by atoms with E-state index in [9.17, 15) is 9.59 Å². The number of carboxylic acid groups (broad SMARTS) is 1. The maximum Gasteiger partial charge on any atom is 0.303 e. The zero-order chi connectivity index (χ0) is 16.7. The number of para-hydroxylation sites is 1. The van der Waals surface area contributed by atoms with Crippen LogP contribution >= 0.6 is 11.6 Å². The lowest BCUT2D eigenvalue weighted by atomic mass is 10.2. The number of aliphatic carboxylic acids is 1. The minimum atomic E-state index is -0.904. The lowest BCUT2D eigenvalue weighted by molar-refractivity contribution is -0.137. The van der Waals surface area contributed by atoms with Crippen LogP contribution < -0.4 is 10.1 Å². The van der Waals surface area contributed by atoms with E-state index < -0.39 is 5.97 Å². The molecule has 0 radical (unpaired) electrons. The molecule has 0 saturated carbocycles. The van der Waals surface area contributed by atoms with E-state index >= 15 is 0 Å². The van der Waals surface area contributed by atoms with Gasteiger partial charge in [0, 0.05) is 18.5 Å². The van der Waals surface area contributed by atoms with Crippen LogP contribution in [0.2, 0.25) is 5.02 Å². The molecule has 0 aromatic heterocycles. The molecule has 120 valence electrons. The van der Waals surface area contributed by atoms with E-state index in [0.717, 1.165) is 0 Å². The first-order valence-electron chi connectivity index (χ1n) is 7.08. The largest absolute Gasteiger partial charge is 0.481 e. The molecule has 5 nitrogen and oxygen atoms in total. The van der Waals surface area contributed by atoms with Gasteiger partial charge in [-0.2, -0.15) is 0 Å². The van der Waals surface area contributed by atoms with Crippen molar-refractivity contribution >= 4 is 29.2 Å². The third kappa shape index (κ3) is 5.64. The summed E-state index contributed by atoms with van der Waals surface area (Å²) in [6, 6.07) is 14.0. The summed E-state index contributed by atoms with van der Waals surface area (Å²) in [5.41, 5.74) is 0.622. The first-order valence-corrected chi connectivity index (χ1v) is 7.46. The van der Waals surface area contributed by atoms with Crippen LogP contribution in [0.1, 0.15) is 19.3 Å². The van der Waals surface area contributed by atoms with E-state index in [1.807, 2.05) is 12.1 Å². The molecule has 0 atom stereocenters. The van der Waals surface area contributed by atoms with Crippen LogP contribution in [0.5, 0.6) is 11.5 Å². The average molecular weight is 334 g/mol. The number of ether oxygens (including phenoxy) is 1. The first-order chi connectivity index (χ1) is 11.0. The molecule has 1 amide bonds. The Labute approximate surface area is 138 Å². The summed E-state index contributed by atoms with van der Waals surface area (Å²) in [4.78, 5) is 22.1. The SMILES string of the molecule is O=C(O)CCCC(=O)Nc1ccc(Oc2ccccc2Cl)cc1.